The normalized spacial score (nSPS) is 14.3. The minimum atomic E-state index is -0.307. The zero-order valence-corrected chi connectivity index (χ0v) is 20.1. The summed E-state index contributed by atoms with van der Waals surface area (Å²) < 4.78 is 0. The molecule has 4 heterocycles. The van der Waals surface area contributed by atoms with Crippen LogP contribution >= 0.6 is 0 Å². The predicted octanol–water partition coefficient (Wildman–Crippen LogP) is 4.85. The summed E-state index contributed by atoms with van der Waals surface area (Å²) in [4.78, 5) is 36.0. The number of H-pyrrole nitrogens is 1. The monoisotopic (exact) mass is 470 g/mol. The molecule has 0 saturated carbocycles. The number of benzene rings is 1. The molecule has 0 spiro atoms. The lowest BCUT2D eigenvalue weighted by atomic mass is 9.95. The highest BCUT2D eigenvalue weighted by atomic mass is 16.2. The van der Waals surface area contributed by atoms with Crippen molar-refractivity contribution in [3.05, 3.63) is 48.9 Å². The second kappa shape index (κ2) is 10.1. The number of piperidine rings is 1. The third kappa shape index (κ3) is 4.94. The van der Waals surface area contributed by atoms with Gasteiger partial charge in [-0.25, -0.2) is 19.7 Å². The Hall–Kier alpha value is -4.01. The second-order valence-corrected chi connectivity index (χ2v) is 8.82. The Bertz CT molecular complexity index is 1290. The van der Waals surface area contributed by atoms with Crippen LogP contribution in [0.1, 0.15) is 33.1 Å². The molecular weight excluding hydrogens is 440 g/mol. The number of amides is 2. The molecule has 0 unspecified atom stereocenters. The fourth-order valence-electron chi connectivity index (χ4n) is 4.55. The van der Waals surface area contributed by atoms with Crippen molar-refractivity contribution in [3.63, 3.8) is 0 Å². The molecule has 0 radical (unpaired) electrons. The summed E-state index contributed by atoms with van der Waals surface area (Å²) in [5, 5.41) is 5.47. The summed E-state index contributed by atoms with van der Waals surface area (Å²) in [6.07, 6.45) is 9.14. The zero-order valence-electron chi connectivity index (χ0n) is 20.1. The number of nitrogens with zero attached hydrogens (tertiary/aromatic N) is 5. The van der Waals surface area contributed by atoms with Crippen molar-refractivity contribution >= 4 is 29.0 Å². The summed E-state index contributed by atoms with van der Waals surface area (Å²) in [5.74, 6) is 1.97. The number of hydrogen-bond donors (Lipinski definition) is 3. The number of nitrogens with one attached hydrogen (secondary N) is 3. The largest absolute Gasteiger partial charge is 0.341 e. The molecule has 1 aromatic carbocycles. The van der Waals surface area contributed by atoms with Crippen LogP contribution in [-0.4, -0.2) is 50.6 Å². The maximum atomic E-state index is 12.0. The molecule has 9 nitrogen and oxygen atoms in total. The van der Waals surface area contributed by atoms with Crippen molar-refractivity contribution < 1.29 is 4.79 Å². The van der Waals surface area contributed by atoms with Crippen LogP contribution in [0.2, 0.25) is 0 Å². The molecule has 5 rings (SSSR count). The van der Waals surface area contributed by atoms with Gasteiger partial charge in [0.2, 0.25) is 11.9 Å². The topological polar surface area (TPSA) is 112 Å². The number of rotatable bonds is 6. The molecule has 180 valence electrons. The number of pyridine rings is 1. The van der Waals surface area contributed by atoms with Crippen LogP contribution < -0.4 is 15.5 Å². The molecule has 0 bridgehead atoms. The first-order valence-electron chi connectivity index (χ1n) is 12.2. The van der Waals surface area contributed by atoms with Crippen molar-refractivity contribution in [3.8, 4) is 22.4 Å². The van der Waals surface area contributed by atoms with Crippen molar-refractivity contribution in [2.75, 3.05) is 29.9 Å². The first kappa shape index (κ1) is 22.8. The molecule has 0 aliphatic carbocycles. The van der Waals surface area contributed by atoms with E-state index in [0.29, 0.717) is 12.5 Å². The van der Waals surface area contributed by atoms with E-state index in [2.05, 4.69) is 47.4 Å². The van der Waals surface area contributed by atoms with E-state index in [-0.39, 0.29) is 6.03 Å². The summed E-state index contributed by atoms with van der Waals surface area (Å²) >= 11 is 0. The minimum Gasteiger partial charge on any atom is -0.341 e. The van der Waals surface area contributed by atoms with Crippen LogP contribution in [0.3, 0.4) is 0 Å². The van der Waals surface area contributed by atoms with Gasteiger partial charge in [-0.3, -0.25) is 10.3 Å². The summed E-state index contributed by atoms with van der Waals surface area (Å²) in [7, 11) is 0. The lowest BCUT2D eigenvalue weighted by Crippen LogP contribution is -2.34. The average Bonchev–Trinajstić information content (AvgIpc) is 3.31. The van der Waals surface area contributed by atoms with Crippen LogP contribution in [0.5, 0.6) is 0 Å². The van der Waals surface area contributed by atoms with Gasteiger partial charge in [0.1, 0.15) is 0 Å². The molecule has 1 fully saturated rings. The van der Waals surface area contributed by atoms with Crippen LogP contribution in [-0.2, 0) is 0 Å². The Balaban J connectivity index is 1.48. The maximum absolute atomic E-state index is 12.0. The predicted molar refractivity (Wildman–Crippen MR) is 138 cm³/mol. The van der Waals surface area contributed by atoms with Gasteiger partial charge in [0.05, 0.1) is 16.7 Å². The lowest BCUT2D eigenvalue weighted by molar-refractivity contribution is 0.252. The van der Waals surface area contributed by atoms with E-state index in [1.165, 1.54) is 19.3 Å². The molecule has 3 N–H and O–H groups in total. The van der Waals surface area contributed by atoms with E-state index in [4.69, 9.17) is 0 Å². The zero-order chi connectivity index (χ0) is 24.2. The van der Waals surface area contributed by atoms with E-state index in [0.717, 1.165) is 58.4 Å². The summed E-state index contributed by atoms with van der Waals surface area (Å²) in [5.41, 5.74) is 5.04. The number of anilines is 2. The van der Waals surface area contributed by atoms with Crippen LogP contribution in [0.25, 0.3) is 33.4 Å². The number of hydrogen-bond acceptors (Lipinski definition) is 6. The highest BCUT2D eigenvalue weighted by molar-refractivity contribution is 5.97. The third-order valence-corrected chi connectivity index (χ3v) is 6.54. The molecule has 4 aromatic rings. The lowest BCUT2D eigenvalue weighted by Gasteiger charge is -2.31. The van der Waals surface area contributed by atoms with Crippen molar-refractivity contribution in [2.45, 2.75) is 33.1 Å². The Morgan fingerprint density at radius 3 is 2.57 bits per heavy atom. The highest BCUT2D eigenvalue weighted by Gasteiger charge is 2.20. The molecule has 2 amide bonds. The quantitative estimate of drug-likeness (QED) is 0.371. The smallest absolute Gasteiger partial charge is 0.321 e. The van der Waals surface area contributed by atoms with Gasteiger partial charge in [0.25, 0.3) is 0 Å². The van der Waals surface area contributed by atoms with E-state index in [1.54, 1.807) is 6.20 Å². The molecule has 0 atom stereocenters. The Morgan fingerprint density at radius 1 is 1.09 bits per heavy atom. The van der Waals surface area contributed by atoms with Gasteiger partial charge in [0.15, 0.2) is 0 Å². The van der Waals surface area contributed by atoms with Crippen molar-refractivity contribution in [1.82, 2.24) is 30.2 Å². The van der Waals surface area contributed by atoms with E-state index in [9.17, 15) is 4.79 Å². The van der Waals surface area contributed by atoms with Gasteiger partial charge in [0, 0.05) is 49.4 Å². The van der Waals surface area contributed by atoms with Gasteiger partial charge < -0.3 is 15.2 Å². The molecule has 1 saturated heterocycles. The molecule has 1 aliphatic rings. The number of carbonyl (C=O) groups is 1. The van der Waals surface area contributed by atoms with Gasteiger partial charge in [-0.2, -0.15) is 0 Å². The second-order valence-electron chi connectivity index (χ2n) is 8.82. The SMILES string of the molecule is CCNC(=O)Nc1nc2c(-c3ccccn3)cc(-c3cnc(N4CCC(CC)CC4)nc3)cc2[nH]1. The number of aromatic amines is 1. The maximum Gasteiger partial charge on any atom is 0.321 e. The highest BCUT2D eigenvalue weighted by Crippen LogP contribution is 2.33. The number of aromatic nitrogens is 5. The Labute approximate surface area is 204 Å². The molecule has 35 heavy (non-hydrogen) atoms. The standard InChI is InChI=1S/C26H30N8O/c1-3-17-8-11-34(12-9-17)25-29-15-19(16-30-25)18-13-20(21-7-5-6-10-28-21)23-22(14-18)31-24(32-23)33-26(35)27-4-2/h5-7,10,13-17H,3-4,8-9,11-12H2,1-2H3,(H3,27,31,32,33,35). The summed E-state index contributed by atoms with van der Waals surface area (Å²) in [6.45, 7) is 6.67. The number of fused-ring (bicyclic) bond motifs is 1. The van der Waals surface area contributed by atoms with Crippen LogP contribution in [0.4, 0.5) is 16.7 Å². The number of imidazole rings is 1. The fraction of sp³-hybridized carbons (Fsp3) is 0.346. The minimum absolute atomic E-state index is 0.307. The third-order valence-electron chi connectivity index (χ3n) is 6.54. The van der Waals surface area contributed by atoms with E-state index < -0.39 is 0 Å². The van der Waals surface area contributed by atoms with Crippen molar-refractivity contribution in [2.24, 2.45) is 5.92 Å². The number of carbonyl (C=O) groups excluding carboxylic acids is 1. The van der Waals surface area contributed by atoms with Gasteiger partial charge >= 0.3 is 6.03 Å². The first-order chi connectivity index (χ1) is 17.1. The van der Waals surface area contributed by atoms with Gasteiger partial charge in [-0.15, -0.1) is 0 Å². The molecule has 3 aromatic heterocycles. The molecule has 1 aliphatic heterocycles. The molecular formula is C26H30N8O. The van der Waals surface area contributed by atoms with E-state index >= 15 is 0 Å². The Kier molecular flexibility index (Phi) is 6.56. The van der Waals surface area contributed by atoms with Crippen LogP contribution in [0.15, 0.2) is 48.9 Å². The summed E-state index contributed by atoms with van der Waals surface area (Å²) in [6, 6.07) is 9.52. The molecule has 9 heteroatoms. The van der Waals surface area contributed by atoms with Crippen LogP contribution in [0, 0.1) is 5.92 Å². The first-order valence-corrected chi connectivity index (χ1v) is 12.2. The Morgan fingerprint density at radius 2 is 1.89 bits per heavy atom. The van der Waals surface area contributed by atoms with Gasteiger partial charge in [-0.05, 0) is 55.5 Å². The van der Waals surface area contributed by atoms with Gasteiger partial charge in [-0.1, -0.05) is 19.4 Å². The number of urea groups is 1. The van der Waals surface area contributed by atoms with E-state index in [1.807, 2.05) is 49.6 Å². The average molecular weight is 471 g/mol. The fourth-order valence-corrected chi connectivity index (χ4v) is 4.55. The van der Waals surface area contributed by atoms with Crippen molar-refractivity contribution in [1.29, 1.82) is 0 Å².